The van der Waals surface area contributed by atoms with Crippen LogP contribution in [0.25, 0.3) is 0 Å². The fraction of sp³-hybridized carbons (Fsp3) is 0.238. The molecule has 3 aromatic rings. The average molecular weight is 413 g/mol. The number of amides is 1. The van der Waals surface area contributed by atoms with Crippen molar-refractivity contribution in [2.75, 3.05) is 13.2 Å². The van der Waals surface area contributed by atoms with Crippen molar-refractivity contribution in [3.05, 3.63) is 70.2 Å². The lowest BCUT2D eigenvalue weighted by molar-refractivity contribution is 0.0950. The third-order valence-corrected chi connectivity index (χ3v) is 6.47. The standard InChI is InChI=1S/C21H20N2O3S2/c1-14-12-27-21(23-14)28-13-15-5-7-16(8-6-15)20(24)22-11-17-3-2-4-18-19(17)26-10-9-25-18/h2-8,12H,9-11,13H2,1H3,(H,22,24). The molecular weight excluding hydrogens is 392 g/mol. The van der Waals surface area contributed by atoms with Gasteiger partial charge in [0.1, 0.15) is 17.6 Å². The molecule has 0 unspecified atom stereocenters. The van der Waals surface area contributed by atoms with Gasteiger partial charge in [-0.2, -0.15) is 0 Å². The Morgan fingerprint density at radius 2 is 2.00 bits per heavy atom. The second-order valence-electron chi connectivity index (χ2n) is 6.36. The Kier molecular flexibility index (Phi) is 5.83. The number of nitrogens with one attached hydrogen (secondary N) is 1. The Hall–Kier alpha value is -2.51. The van der Waals surface area contributed by atoms with Crippen LogP contribution in [0.4, 0.5) is 0 Å². The van der Waals surface area contributed by atoms with Crippen LogP contribution in [0.5, 0.6) is 11.5 Å². The van der Waals surface area contributed by atoms with Crippen molar-refractivity contribution >= 4 is 29.0 Å². The molecule has 1 amide bonds. The summed E-state index contributed by atoms with van der Waals surface area (Å²) in [5, 5.41) is 5.01. The number of fused-ring (bicyclic) bond motifs is 1. The van der Waals surface area contributed by atoms with Crippen LogP contribution in [-0.2, 0) is 12.3 Å². The third-order valence-electron chi connectivity index (χ3n) is 4.26. The first kappa shape index (κ1) is 18.8. The van der Waals surface area contributed by atoms with E-state index < -0.39 is 0 Å². The molecule has 1 aliphatic rings. The molecule has 2 heterocycles. The second-order valence-corrected chi connectivity index (χ2v) is 8.44. The van der Waals surface area contributed by atoms with Gasteiger partial charge in [0, 0.05) is 34.5 Å². The van der Waals surface area contributed by atoms with E-state index in [4.69, 9.17) is 9.47 Å². The van der Waals surface area contributed by atoms with Crippen molar-refractivity contribution in [3.8, 4) is 11.5 Å². The van der Waals surface area contributed by atoms with Gasteiger partial charge in [-0.1, -0.05) is 36.0 Å². The van der Waals surface area contributed by atoms with Gasteiger partial charge in [0.15, 0.2) is 11.5 Å². The highest BCUT2D eigenvalue weighted by Crippen LogP contribution is 2.33. The first-order chi connectivity index (χ1) is 13.7. The molecule has 0 radical (unpaired) electrons. The molecule has 0 fully saturated rings. The normalized spacial score (nSPS) is 12.6. The molecule has 0 bridgehead atoms. The molecule has 2 aromatic carbocycles. The zero-order valence-electron chi connectivity index (χ0n) is 15.4. The molecular formula is C21H20N2O3S2. The van der Waals surface area contributed by atoms with Crippen molar-refractivity contribution in [2.24, 2.45) is 0 Å². The minimum atomic E-state index is -0.107. The predicted molar refractivity (Wildman–Crippen MR) is 111 cm³/mol. The van der Waals surface area contributed by atoms with Crippen molar-refractivity contribution in [1.82, 2.24) is 10.3 Å². The van der Waals surface area contributed by atoms with Gasteiger partial charge >= 0.3 is 0 Å². The Bertz CT molecular complexity index is 970. The molecule has 0 atom stereocenters. The number of benzene rings is 2. The molecule has 0 saturated heterocycles. The van der Waals surface area contributed by atoms with Gasteiger partial charge < -0.3 is 14.8 Å². The number of rotatable bonds is 6. The number of hydrogen-bond acceptors (Lipinski definition) is 6. The highest BCUT2D eigenvalue weighted by molar-refractivity contribution is 8.00. The zero-order valence-corrected chi connectivity index (χ0v) is 17.1. The fourth-order valence-electron chi connectivity index (χ4n) is 2.85. The summed E-state index contributed by atoms with van der Waals surface area (Å²) < 4.78 is 12.3. The van der Waals surface area contributed by atoms with E-state index in [2.05, 4.69) is 15.7 Å². The minimum Gasteiger partial charge on any atom is -0.486 e. The first-order valence-corrected chi connectivity index (χ1v) is 10.8. The molecule has 144 valence electrons. The van der Waals surface area contributed by atoms with Crippen LogP contribution in [0, 0.1) is 6.92 Å². The number of nitrogens with zero attached hydrogens (tertiary/aromatic N) is 1. The van der Waals surface area contributed by atoms with Crippen LogP contribution in [-0.4, -0.2) is 24.1 Å². The molecule has 1 aromatic heterocycles. The van der Waals surface area contributed by atoms with Gasteiger partial charge in [0.05, 0.1) is 0 Å². The Balaban J connectivity index is 1.34. The number of thiazole rings is 1. The Labute approximate surface area is 172 Å². The van der Waals surface area contributed by atoms with E-state index in [9.17, 15) is 4.79 Å². The van der Waals surface area contributed by atoms with Crippen LogP contribution >= 0.6 is 23.1 Å². The van der Waals surface area contributed by atoms with Gasteiger partial charge in [0.2, 0.25) is 0 Å². The fourth-order valence-corrected chi connectivity index (χ4v) is 4.65. The number of para-hydroxylation sites is 1. The molecule has 1 aliphatic heterocycles. The van der Waals surface area contributed by atoms with Crippen LogP contribution in [0.15, 0.2) is 52.2 Å². The van der Waals surface area contributed by atoms with E-state index in [0.717, 1.165) is 38.4 Å². The van der Waals surface area contributed by atoms with Crippen LogP contribution in [0.2, 0.25) is 0 Å². The SMILES string of the molecule is Cc1csc(SCc2ccc(C(=O)NCc3cccc4c3OCCO4)cc2)n1. The highest BCUT2D eigenvalue weighted by Gasteiger charge is 2.16. The van der Waals surface area contributed by atoms with Gasteiger partial charge in [-0.15, -0.1) is 11.3 Å². The smallest absolute Gasteiger partial charge is 0.251 e. The number of aryl methyl sites for hydroxylation is 1. The predicted octanol–water partition coefficient (Wildman–Crippen LogP) is 4.45. The monoisotopic (exact) mass is 412 g/mol. The molecule has 5 nitrogen and oxygen atoms in total. The van der Waals surface area contributed by atoms with Crippen molar-refractivity contribution in [1.29, 1.82) is 0 Å². The molecule has 28 heavy (non-hydrogen) atoms. The molecule has 4 rings (SSSR count). The Morgan fingerprint density at radius 1 is 1.18 bits per heavy atom. The summed E-state index contributed by atoms with van der Waals surface area (Å²) in [5.74, 6) is 2.18. The number of ether oxygens (including phenoxy) is 2. The van der Waals surface area contributed by atoms with Gasteiger partial charge in [-0.3, -0.25) is 4.79 Å². The lowest BCUT2D eigenvalue weighted by atomic mass is 10.1. The summed E-state index contributed by atoms with van der Waals surface area (Å²) >= 11 is 3.37. The summed E-state index contributed by atoms with van der Waals surface area (Å²) in [6.45, 7) is 3.47. The van der Waals surface area contributed by atoms with Gasteiger partial charge in [-0.25, -0.2) is 4.98 Å². The van der Waals surface area contributed by atoms with E-state index in [1.165, 1.54) is 0 Å². The summed E-state index contributed by atoms with van der Waals surface area (Å²) in [6, 6.07) is 13.4. The molecule has 0 aliphatic carbocycles. The quantitative estimate of drug-likeness (QED) is 0.607. The maximum atomic E-state index is 12.5. The topological polar surface area (TPSA) is 60.5 Å². The van der Waals surface area contributed by atoms with Crippen LogP contribution in [0.3, 0.4) is 0 Å². The van der Waals surface area contributed by atoms with Gasteiger partial charge in [-0.05, 0) is 30.7 Å². The number of hydrogen-bond donors (Lipinski definition) is 1. The summed E-state index contributed by atoms with van der Waals surface area (Å²) in [6.07, 6.45) is 0. The molecule has 0 spiro atoms. The maximum Gasteiger partial charge on any atom is 0.251 e. The second kappa shape index (κ2) is 8.67. The lowest BCUT2D eigenvalue weighted by Crippen LogP contribution is -2.24. The summed E-state index contributed by atoms with van der Waals surface area (Å²) in [4.78, 5) is 16.9. The number of thioether (sulfide) groups is 1. The Morgan fingerprint density at radius 3 is 2.79 bits per heavy atom. The highest BCUT2D eigenvalue weighted by atomic mass is 32.2. The van der Waals surface area contributed by atoms with Gasteiger partial charge in [0.25, 0.3) is 5.91 Å². The number of carbonyl (C=O) groups excluding carboxylic acids is 1. The summed E-state index contributed by atoms with van der Waals surface area (Å²) in [5.41, 5.74) is 3.77. The van der Waals surface area contributed by atoms with Crippen molar-refractivity contribution in [2.45, 2.75) is 23.6 Å². The minimum absolute atomic E-state index is 0.107. The number of aromatic nitrogens is 1. The maximum absolute atomic E-state index is 12.5. The van der Waals surface area contributed by atoms with Crippen molar-refractivity contribution in [3.63, 3.8) is 0 Å². The molecule has 0 saturated carbocycles. The molecule has 7 heteroatoms. The van der Waals surface area contributed by atoms with E-state index in [-0.39, 0.29) is 5.91 Å². The summed E-state index contributed by atoms with van der Waals surface area (Å²) in [7, 11) is 0. The van der Waals surface area contributed by atoms with Crippen molar-refractivity contribution < 1.29 is 14.3 Å². The first-order valence-electron chi connectivity index (χ1n) is 8.98. The zero-order chi connectivity index (χ0) is 19.3. The van der Waals surface area contributed by atoms with Crippen LogP contribution in [0.1, 0.15) is 27.2 Å². The third kappa shape index (κ3) is 4.48. The molecule has 1 N–H and O–H groups in total. The van der Waals surface area contributed by atoms with E-state index >= 15 is 0 Å². The van der Waals surface area contributed by atoms with Crippen LogP contribution < -0.4 is 14.8 Å². The van der Waals surface area contributed by atoms with E-state index in [1.54, 1.807) is 23.1 Å². The number of carbonyl (C=O) groups is 1. The van der Waals surface area contributed by atoms with E-state index in [0.29, 0.717) is 25.3 Å². The average Bonchev–Trinajstić information content (AvgIpc) is 3.16. The van der Waals surface area contributed by atoms with E-state index in [1.807, 2.05) is 49.4 Å². The largest absolute Gasteiger partial charge is 0.486 e. The lowest BCUT2D eigenvalue weighted by Gasteiger charge is -2.21.